The zero-order chi connectivity index (χ0) is 11.4. The number of aromatic amines is 1. The van der Waals surface area contributed by atoms with Gasteiger partial charge in [0.15, 0.2) is 5.82 Å². The molecular formula is C10H17N3O2. The largest absolute Gasteiger partial charge is 0.368 e. The molecular weight excluding hydrogens is 194 g/mol. The molecule has 1 aromatic rings. The summed E-state index contributed by atoms with van der Waals surface area (Å²) in [6, 6.07) is 0. The van der Waals surface area contributed by atoms with Gasteiger partial charge in [-0.25, -0.2) is 9.89 Å². The number of nitrogens with zero attached hydrogens (tertiary/aromatic N) is 2. The molecule has 1 atom stereocenters. The van der Waals surface area contributed by atoms with E-state index in [1.165, 1.54) is 4.57 Å². The molecule has 0 saturated heterocycles. The number of allylic oxidation sites excluding steroid dienone is 1. The molecule has 5 nitrogen and oxygen atoms in total. The van der Waals surface area contributed by atoms with Gasteiger partial charge in [0.1, 0.15) is 6.10 Å². The Morgan fingerprint density at radius 2 is 2.27 bits per heavy atom. The summed E-state index contributed by atoms with van der Waals surface area (Å²) in [5.74, 6) is 0.605. The lowest BCUT2D eigenvalue weighted by Gasteiger charge is -2.15. The van der Waals surface area contributed by atoms with Crippen LogP contribution in [0.15, 0.2) is 17.4 Å². The van der Waals surface area contributed by atoms with Crippen LogP contribution in [0.3, 0.4) is 0 Å². The van der Waals surface area contributed by atoms with Crippen LogP contribution >= 0.6 is 0 Å². The Morgan fingerprint density at radius 3 is 2.80 bits per heavy atom. The lowest BCUT2D eigenvalue weighted by molar-refractivity contribution is 0.0109. The van der Waals surface area contributed by atoms with E-state index in [4.69, 9.17) is 4.74 Å². The van der Waals surface area contributed by atoms with Crippen LogP contribution in [0, 0.1) is 0 Å². The van der Waals surface area contributed by atoms with Crippen molar-refractivity contribution in [3.63, 3.8) is 0 Å². The van der Waals surface area contributed by atoms with Crippen molar-refractivity contribution in [1.82, 2.24) is 14.8 Å². The van der Waals surface area contributed by atoms with Crippen LogP contribution in [0.5, 0.6) is 0 Å². The van der Waals surface area contributed by atoms with Crippen LogP contribution in [0.1, 0.15) is 32.7 Å². The first-order valence-electron chi connectivity index (χ1n) is 4.97. The van der Waals surface area contributed by atoms with E-state index >= 15 is 0 Å². The van der Waals surface area contributed by atoms with Crippen molar-refractivity contribution in [2.75, 3.05) is 0 Å². The van der Waals surface area contributed by atoms with E-state index in [2.05, 4.69) is 16.8 Å². The quantitative estimate of drug-likeness (QED) is 0.745. The highest BCUT2D eigenvalue weighted by molar-refractivity contribution is 4.92. The molecule has 1 N–H and O–H groups in total. The lowest BCUT2D eigenvalue weighted by atomic mass is 10.3. The normalized spacial score (nSPS) is 13.1. The first-order chi connectivity index (χ1) is 7.06. The predicted octanol–water partition coefficient (Wildman–Crippen LogP) is 1.24. The van der Waals surface area contributed by atoms with Crippen molar-refractivity contribution < 1.29 is 4.74 Å². The Kier molecular flexibility index (Phi) is 3.85. The summed E-state index contributed by atoms with van der Waals surface area (Å²) < 4.78 is 7.07. The molecule has 0 aromatic carbocycles. The fourth-order valence-electron chi connectivity index (χ4n) is 1.41. The molecule has 0 aliphatic rings. The maximum atomic E-state index is 11.4. The van der Waals surface area contributed by atoms with Crippen LogP contribution in [0.25, 0.3) is 0 Å². The Labute approximate surface area is 88.8 Å². The molecule has 0 aliphatic heterocycles. The van der Waals surface area contributed by atoms with Crippen LogP contribution in [0.4, 0.5) is 0 Å². The maximum absolute atomic E-state index is 11.4. The first-order valence-corrected chi connectivity index (χ1v) is 4.97. The van der Waals surface area contributed by atoms with Gasteiger partial charge >= 0.3 is 5.69 Å². The van der Waals surface area contributed by atoms with E-state index < -0.39 is 0 Å². The molecule has 1 rings (SSSR count). The molecule has 0 fully saturated rings. The Morgan fingerprint density at radius 1 is 1.60 bits per heavy atom. The fourth-order valence-corrected chi connectivity index (χ4v) is 1.41. The molecule has 5 heteroatoms. The van der Waals surface area contributed by atoms with Gasteiger partial charge in [0, 0.05) is 6.54 Å². The summed E-state index contributed by atoms with van der Waals surface area (Å²) in [6.07, 6.45) is 1.55. The molecule has 0 bridgehead atoms. The topological polar surface area (TPSA) is 59.9 Å². The Balaban J connectivity index is 2.92. The average Bonchev–Trinajstić information content (AvgIpc) is 2.48. The summed E-state index contributed by atoms with van der Waals surface area (Å²) in [5, 5.41) is 6.35. The molecule has 15 heavy (non-hydrogen) atoms. The first kappa shape index (κ1) is 11.7. The number of aromatic nitrogens is 3. The van der Waals surface area contributed by atoms with Crippen molar-refractivity contribution in [1.29, 1.82) is 0 Å². The highest BCUT2D eigenvalue weighted by Crippen LogP contribution is 2.14. The van der Waals surface area contributed by atoms with Crippen molar-refractivity contribution in [2.45, 2.75) is 39.5 Å². The van der Waals surface area contributed by atoms with Crippen LogP contribution in [-0.2, 0) is 11.3 Å². The van der Waals surface area contributed by atoms with E-state index in [0.717, 1.165) is 0 Å². The summed E-state index contributed by atoms with van der Waals surface area (Å²) >= 11 is 0. The van der Waals surface area contributed by atoms with Gasteiger partial charge in [0.25, 0.3) is 0 Å². The van der Waals surface area contributed by atoms with Gasteiger partial charge in [-0.1, -0.05) is 6.08 Å². The summed E-state index contributed by atoms with van der Waals surface area (Å²) in [7, 11) is 0. The van der Waals surface area contributed by atoms with Gasteiger partial charge in [0.05, 0.1) is 6.10 Å². The molecule has 0 aliphatic carbocycles. The molecule has 0 spiro atoms. The number of hydrogen-bond acceptors (Lipinski definition) is 3. The Bertz CT molecular complexity index is 378. The van der Waals surface area contributed by atoms with Gasteiger partial charge in [-0.2, -0.15) is 5.10 Å². The predicted molar refractivity (Wildman–Crippen MR) is 57.7 cm³/mol. The molecule has 0 radical (unpaired) electrons. The standard InChI is InChI=1S/C10H17N3O2/c1-5-6-13-9(11-12-10(13)14)8(4)15-7(2)3/h5,7-8H,1,6H2,2-4H3,(H,12,14). The van der Waals surface area contributed by atoms with Gasteiger partial charge < -0.3 is 4.74 Å². The van der Waals surface area contributed by atoms with Crippen LogP contribution in [0.2, 0.25) is 0 Å². The smallest absolute Gasteiger partial charge is 0.343 e. The van der Waals surface area contributed by atoms with Crippen LogP contribution in [-0.4, -0.2) is 20.9 Å². The minimum atomic E-state index is -0.232. The summed E-state index contributed by atoms with van der Waals surface area (Å²) in [6.45, 7) is 9.79. The molecule has 1 aromatic heterocycles. The zero-order valence-corrected chi connectivity index (χ0v) is 9.36. The monoisotopic (exact) mass is 211 g/mol. The number of H-pyrrole nitrogens is 1. The third kappa shape index (κ3) is 2.79. The second-order valence-corrected chi connectivity index (χ2v) is 3.61. The second-order valence-electron chi connectivity index (χ2n) is 3.61. The highest BCUT2D eigenvalue weighted by Gasteiger charge is 2.16. The minimum Gasteiger partial charge on any atom is -0.368 e. The number of rotatable bonds is 5. The van der Waals surface area contributed by atoms with Crippen molar-refractivity contribution in [3.05, 3.63) is 29.0 Å². The third-order valence-electron chi connectivity index (χ3n) is 1.94. The van der Waals surface area contributed by atoms with Gasteiger partial charge in [0.2, 0.25) is 0 Å². The number of ether oxygens (including phenoxy) is 1. The Hall–Kier alpha value is -1.36. The van der Waals surface area contributed by atoms with Crippen molar-refractivity contribution in [3.8, 4) is 0 Å². The SMILES string of the molecule is C=CCn1c(C(C)OC(C)C)n[nH]c1=O. The molecule has 0 saturated carbocycles. The van der Waals surface area contributed by atoms with Crippen molar-refractivity contribution in [2.24, 2.45) is 0 Å². The average molecular weight is 211 g/mol. The molecule has 1 unspecified atom stereocenters. The number of nitrogens with one attached hydrogen (secondary N) is 1. The van der Waals surface area contributed by atoms with E-state index in [1.807, 2.05) is 20.8 Å². The second kappa shape index (κ2) is 4.93. The van der Waals surface area contributed by atoms with Gasteiger partial charge in [-0.05, 0) is 20.8 Å². The van der Waals surface area contributed by atoms with Gasteiger partial charge in [-0.3, -0.25) is 4.57 Å². The summed E-state index contributed by atoms with van der Waals surface area (Å²) in [5.41, 5.74) is -0.232. The minimum absolute atomic E-state index is 0.101. The van der Waals surface area contributed by atoms with E-state index in [1.54, 1.807) is 6.08 Å². The molecule has 1 heterocycles. The van der Waals surface area contributed by atoms with Crippen molar-refractivity contribution >= 4 is 0 Å². The van der Waals surface area contributed by atoms with E-state index in [9.17, 15) is 4.79 Å². The highest BCUT2D eigenvalue weighted by atomic mass is 16.5. The van der Waals surface area contributed by atoms with Crippen LogP contribution < -0.4 is 5.69 Å². The molecule has 0 amide bonds. The summed E-state index contributed by atoms with van der Waals surface area (Å²) in [4.78, 5) is 11.4. The number of hydrogen-bond donors (Lipinski definition) is 1. The zero-order valence-electron chi connectivity index (χ0n) is 9.36. The van der Waals surface area contributed by atoms with E-state index in [-0.39, 0.29) is 17.9 Å². The third-order valence-corrected chi connectivity index (χ3v) is 1.94. The lowest BCUT2D eigenvalue weighted by Crippen LogP contribution is -2.20. The fraction of sp³-hybridized carbons (Fsp3) is 0.600. The maximum Gasteiger partial charge on any atom is 0.343 e. The van der Waals surface area contributed by atoms with E-state index in [0.29, 0.717) is 12.4 Å². The van der Waals surface area contributed by atoms with Gasteiger partial charge in [-0.15, -0.1) is 6.58 Å². The molecule has 84 valence electrons.